The second-order valence-corrected chi connectivity index (χ2v) is 5.13. The van der Waals surface area contributed by atoms with E-state index < -0.39 is 0 Å². The van der Waals surface area contributed by atoms with Gasteiger partial charge in [0.25, 0.3) is 0 Å². The molecule has 0 radical (unpaired) electrons. The zero-order chi connectivity index (χ0) is 14.5. The summed E-state index contributed by atoms with van der Waals surface area (Å²) >= 11 is 0. The van der Waals surface area contributed by atoms with Crippen LogP contribution in [-0.2, 0) is 13.1 Å². The van der Waals surface area contributed by atoms with Crippen LogP contribution in [0.5, 0.6) is 5.75 Å². The molecule has 106 valence electrons. The minimum atomic E-state index is 0.858. The number of benzene rings is 3. The van der Waals surface area contributed by atoms with E-state index in [-0.39, 0.29) is 0 Å². The molecule has 0 aliphatic rings. The molecule has 0 saturated carbocycles. The molecule has 0 spiro atoms. The lowest BCUT2D eigenvalue weighted by atomic mass is 10.1. The fourth-order valence-electron chi connectivity index (χ4n) is 2.44. The summed E-state index contributed by atoms with van der Waals surface area (Å²) in [4.78, 5) is 0. The molecule has 0 amide bonds. The first-order valence-electron chi connectivity index (χ1n) is 7.16. The molecule has 0 aliphatic carbocycles. The second-order valence-electron chi connectivity index (χ2n) is 5.13. The Bertz CT molecular complexity index is 719. The predicted octanol–water partition coefficient (Wildman–Crippen LogP) is 4.14. The number of fused-ring (bicyclic) bond motifs is 1. The lowest BCUT2D eigenvalue weighted by Gasteiger charge is -2.07. The Morgan fingerprint density at radius 3 is 2.19 bits per heavy atom. The molecule has 0 aromatic heterocycles. The van der Waals surface area contributed by atoms with Crippen molar-refractivity contribution in [1.82, 2.24) is 5.32 Å². The van der Waals surface area contributed by atoms with Crippen molar-refractivity contribution in [2.75, 3.05) is 7.11 Å². The maximum atomic E-state index is 5.16. The third-order valence-electron chi connectivity index (χ3n) is 3.63. The molecule has 0 heterocycles. The Labute approximate surface area is 125 Å². The number of rotatable bonds is 5. The van der Waals surface area contributed by atoms with Gasteiger partial charge in [-0.05, 0) is 40.1 Å². The van der Waals surface area contributed by atoms with E-state index in [2.05, 4.69) is 59.9 Å². The number of ether oxygens (including phenoxy) is 1. The van der Waals surface area contributed by atoms with Crippen molar-refractivity contribution in [3.8, 4) is 5.75 Å². The highest BCUT2D eigenvalue weighted by Crippen LogP contribution is 2.16. The van der Waals surface area contributed by atoms with Crippen LogP contribution in [0.25, 0.3) is 10.8 Å². The molecule has 2 heteroatoms. The first-order valence-corrected chi connectivity index (χ1v) is 7.16. The highest BCUT2D eigenvalue weighted by molar-refractivity contribution is 5.82. The molecule has 3 rings (SSSR count). The summed E-state index contributed by atoms with van der Waals surface area (Å²) in [5.41, 5.74) is 2.57. The molecule has 2 nitrogen and oxygen atoms in total. The van der Waals surface area contributed by atoms with Crippen molar-refractivity contribution in [3.05, 3.63) is 77.9 Å². The standard InChI is InChI=1S/C19H19NO/c1-21-19-10-7-15(8-11-19)13-20-14-16-6-9-17-4-2-3-5-18(17)12-16/h2-12,20H,13-14H2,1H3. The minimum Gasteiger partial charge on any atom is -0.497 e. The molecular weight excluding hydrogens is 258 g/mol. The molecule has 1 N–H and O–H groups in total. The van der Waals surface area contributed by atoms with Gasteiger partial charge in [0.15, 0.2) is 0 Å². The average molecular weight is 277 g/mol. The lowest BCUT2D eigenvalue weighted by Crippen LogP contribution is -2.12. The van der Waals surface area contributed by atoms with Crippen molar-refractivity contribution in [1.29, 1.82) is 0 Å². The van der Waals surface area contributed by atoms with Gasteiger partial charge in [0, 0.05) is 13.1 Å². The Hall–Kier alpha value is -2.32. The van der Waals surface area contributed by atoms with Gasteiger partial charge in [-0.2, -0.15) is 0 Å². The molecular formula is C19H19NO. The maximum absolute atomic E-state index is 5.16. The van der Waals surface area contributed by atoms with Crippen molar-refractivity contribution in [3.63, 3.8) is 0 Å². The Kier molecular flexibility index (Phi) is 4.17. The van der Waals surface area contributed by atoms with E-state index in [0.29, 0.717) is 0 Å². The second kappa shape index (κ2) is 6.42. The quantitative estimate of drug-likeness (QED) is 0.757. The Morgan fingerprint density at radius 1 is 0.762 bits per heavy atom. The van der Waals surface area contributed by atoms with Crippen molar-refractivity contribution < 1.29 is 4.74 Å². The maximum Gasteiger partial charge on any atom is 0.118 e. The van der Waals surface area contributed by atoms with Gasteiger partial charge in [0.05, 0.1) is 7.11 Å². The van der Waals surface area contributed by atoms with Crippen LogP contribution in [0.15, 0.2) is 66.7 Å². The average Bonchev–Trinajstić information content (AvgIpc) is 2.55. The van der Waals surface area contributed by atoms with Crippen LogP contribution in [-0.4, -0.2) is 7.11 Å². The summed E-state index contributed by atoms with van der Waals surface area (Å²) in [5.74, 6) is 0.897. The van der Waals surface area contributed by atoms with Crippen LogP contribution in [0.4, 0.5) is 0 Å². The molecule has 0 fully saturated rings. The van der Waals surface area contributed by atoms with Crippen LogP contribution < -0.4 is 10.1 Å². The summed E-state index contributed by atoms with van der Waals surface area (Å²) in [7, 11) is 1.69. The van der Waals surface area contributed by atoms with Crippen molar-refractivity contribution in [2.24, 2.45) is 0 Å². The Morgan fingerprint density at radius 2 is 1.43 bits per heavy atom. The zero-order valence-corrected chi connectivity index (χ0v) is 12.2. The van der Waals surface area contributed by atoms with E-state index in [1.807, 2.05) is 12.1 Å². The molecule has 0 aliphatic heterocycles. The largest absolute Gasteiger partial charge is 0.497 e. The number of hydrogen-bond acceptors (Lipinski definition) is 2. The first-order chi connectivity index (χ1) is 10.3. The van der Waals surface area contributed by atoms with Crippen LogP contribution in [0.2, 0.25) is 0 Å². The van der Waals surface area contributed by atoms with E-state index in [1.54, 1.807) is 7.11 Å². The fraction of sp³-hybridized carbons (Fsp3) is 0.158. The molecule has 3 aromatic carbocycles. The topological polar surface area (TPSA) is 21.3 Å². The molecule has 0 bridgehead atoms. The van der Waals surface area contributed by atoms with Gasteiger partial charge in [-0.25, -0.2) is 0 Å². The molecule has 3 aromatic rings. The first kappa shape index (κ1) is 13.7. The smallest absolute Gasteiger partial charge is 0.118 e. The van der Waals surface area contributed by atoms with Gasteiger partial charge in [0.2, 0.25) is 0 Å². The zero-order valence-electron chi connectivity index (χ0n) is 12.2. The highest BCUT2D eigenvalue weighted by Gasteiger charge is 1.97. The summed E-state index contributed by atoms with van der Waals surface area (Å²) in [5, 5.41) is 6.06. The predicted molar refractivity (Wildman–Crippen MR) is 87.5 cm³/mol. The Balaban J connectivity index is 1.60. The van der Waals surface area contributed by atoms with Gasteiger partial charge in [-0.15, -0.1) is 0 Å². The van der Waals surface area contributed by atoms with E-state index in [0.717, 1.165) is 18.8 Å². The number of methoxy groups -OCH3 is 1. The van der Waals surface area contributed by atoms with Crippen molar-refractivity contribution in [2.45, 2.75) is 13.1 Å². The van der Waals surface area contributed by atoms with Crippen LogP contribution in [0.1, 0.15) is 11.1 Å². The highest BCUT2D eigenvalue weighted by atomic mass is 16.5. The minimum absolute atomic E-state index is 0.858. The summed E-state index contributed by atoms with van der Waals surface area (Å²) in [6.45, 7) is 1.73. The molecule has 21 heavy (non-hydrogen) atoms. The van der Waals surface area contributed by atoms with Crippen LogP contribution >= 0.6 is 0 Å². The van der Waals surface area contributed by atoms with E-state index >= 15 is 0 Å². The van der Waals surface area contributed by atoms with Crippen molar-refractivity contribution >= 4 is 10.8 Å². The van der Waals surface area contributed by atoms with Gasteiger partial charge in [-0.1, -0.05) is 48.5 Å². The molecule has 0 saturated heterocycles. The monoisotopic (exact) mass is 277 g/mol. The van der Waals surface area contributed by atoms with Crippen LogP contribution in [0, 0.1) is 0 Å². The van der Waals surface area contributed by atoms with Gasteiger partial charge in [0.1, 0.15) is 5.75 Å². The summed E-state index contributed by atoms with van der Waals surface area (Å²) in [6.07, 6.45) is 0. The number of nitrogens with one attached hydrogen (secondary N) is 1. The van der Waals surface area contributed by atoms with E-state index in [4.69, 9.17) is 4.74 Å². The van der Waals surface area contributed by atoms with Crippen LogP contribution in [0.3, 0.4) is 0 Å². The van der Waals surface area contributed by atoms with E-state index in [1.165, 1.54) is 21.9 Å². The lowest BCUT2D eigenvalue weighted by molar-refractivity contribution is 0.414. The summed E-state index contributed by atoms with van der Waals surface area (Å²) < 4.78 is 5.16. The fourth-order valence-corrected chi connectivity index (χ4v) is 2.44. The van der Waals surface area contributed by atoms with Gasteiger partial charge >= 0.3 is 0 Å². The van der Waals surface area contributed by atoms with Gasteiger partial charge < -0.3 is 10.1 Å². The number of hydrogen-bond donors (Lipinski definition) is 1. The third-order valence-corrected chi connectivity index (χ3v) is 3.63. The van der Waals surface area contributed by atoms with Gasteiger partial charge in [-0.3, -0.25) is 0 Å². The summed E-state index contributed by atoms with van der Waals surface area (Å²) in [6, 6.07) is 23.2. The normalized spacial score (nSPS) is 10.7. The third kappa shape index (κ3) is 3.41. The molecule has 0 atom stereocenters. The van der Waals surface area contributed by atoms with E-state index in [9.17, 15) is 0 Å². The SMILES string of the molecule is COc1ccc(CNCc2ccc3ccccc3c2)cc1. The molecule has 0 unspecified atom stereocenters.